The standard InChI is InChI=1S/C18H31N3O4/c1-13-7-9-15(10-8-13)21(14-5-3-2-4-6-14)18(25)20-17(24)19-12-11-16(22)23/h13-15H,2-12H2,1H3,(H,22,23)(H2,19,20,24,25). The van der Waals surface area contributed by atoms with Crippen LogP contribution in [-0.4, -0.2) is 46.7 Å². The number of carboxylic acids is 1. The SMILES string of the molecule is CC1CCC(N(C(=O)NC(=O)NCCC(=O)O)C2CCCCC2)CC1. The molecule has 0 aromatic heterocycles. The topological polar surface area (TPSA) is 98.7 Å². The maximum absolute atomic E-state index is 12.8. The molecule has 0 aliphatic heterocycles. The van der Waals surface area contributed by atoms with Crippen LogP contribution >= 0.6 is 0 Å². The molecule has 0 aromatic rings. The van der Waals surface area contributed by atoms with Gasteiger partial charge < -0.3 is 15.3 Å². The molecular formula is C18H31N3O4. The lowest BCUT2D eigenvalue weighted by atomic mass is 9.84. The van der Waals surface area contributed by atoms with Gasteiger partial charge in [0.05, 0.1) is 6.42 Å². The summed E-state index contributed by atoms with van der Waals surface area (Å²) >= 11 is 0. The molecule has 0 radical (unpaired) electrons. The highest BCUT2D eigenvalue weighted by Crippen LogP contribution is 2.32. The molecule has 7 nitrogen and oxygen atoms in total. The van der Waals surface area contributed by atoms with Gasteiger partial charge in [-0.2, -0.15) is 0 Å². The fourth-order valence-electron chi connectivity index (χ4n) is 4.00. The van der Waals surface area contributed by atoms with E-state index < -0.39 is 12.0 Å². The molecule has 0 saturated heterocycles. The van der Waals surface area contributed by atoms with Crippen molar-refractivity contribution < 1.29 is 19.5 Å². The Kier molecular flexibility index (Phi) is 7.52. The Morgan fingerprint density at radius 1 is 0.960 bits per heavy atom. The third-order valence-corrected chi connectivity index (χ3v) is 5.43. The Bertz CT molecular complexity index is 469. The van der Waals surface area contributed by atoms with Crippen molar-refractivity contribution in [1.29, 1.82) is 0 Å². The summed E-state index contributed by atoms with van der Waals surface area (Å²) in [6.07, 6.45) is 9.53. The number of amides is 4. The van der Waals surface area contributed by atoms with E-state index in [-0.39, 0.29) is 31.1 Å². The average molecular weight is 353 g/mol. The average Bonchev–Trinajstić information content (AvgIpc) is 2.57. The Balaban J connectivity index is 1.94. The number of carbonyl (C=O) groups is 3. The Labute approximate surface area is 149 Å². The van der Waals surface area contributed by atoms with E-state index in [0.717, 1.165) is 51.4 Å². The number of hydrogen-bond donors (Lipinski definition) is 3. The van der Waals surface area contributed by atoms with Crippen molar-refractivity contribution in [1.82, 2.24) is 15.5 Å². The highest BCUT2D eigenvalue weighted by molar-refractivity contribution is 5.93. The van der Waals surface area contributed by atoms with Crippen LogP contribution < -0.4 is 10.6 Å². The first-order valence-electron chi connectivity index (χ1n) is 9.56. The van der Waals surface area contributed by atoms with Crippen LogP contribution in [0.4, 0.5) is 9.59 Å². The van der Waals surface area contributed by atoms with Crippen LogP contribution in [0.2, 0.25) is 0 Å². The normalized spacial score (nSPS) is 24.4. The molecule has 0 atom stereocenters. The zero-order valence-corrected chi connectivity index (χ0v) is 15.1. The first-order chi connectivity index (χ1) is 12.0. The molecule has 2 saturated carbocycles. The Morgan fingerprint density at radius 2 is 1.56 bits per heavy atom. The van der Waals surface area contributed by atoms with Gasteiger partial charge in [0.2, 0.25) is 0 Å². The number of imide groups is 1. The molecule has 0 heterocycles. The molecule has 2 aliphatic carbocycles. The lowest BCUT2D eigenvalue weighted by Gasteiger charge is -2.42. The fourth-order valence-corrected chi connectivity index (χ4v) is 4.00. The first kappa shape index (κ1) is 19.5. The highest BCUT2D eigenvalue weighted by atomic mass is 16.4. The van der Waals surface area contributed by atoms with E-state index in [0.29, 0.717) is 5.92 Å². The summed E-state index contributed by atoms with van der Waals surface area (Å²) in [4.78, 5) is 37.1. The van der Waals surface area contributed by atoms with Crippen LogP contribution in [0.3, 0.4) is 0 Å². The molecule has 25 heavy (non-hydrogen) atoms. The van der Waals surface area contributed by atoms with Gasteiger partial charge in [-0.25, -0.2) is 9.59 Å². The summed E-state index contributed by atoms with van der Waals surface area (Å²) in [5, 5.41) is 13.4. The molecule has 0 aromatic carbocycles. The van der Waals surface area contributed by atoms with E-state index in [4.69, 9.17) is 5.11 Å². The molecule has 2 rings (SSSR count). The van der Waals surface area contributed by atoms with Crippen molar-refractivity contribution in [2.75, 3.05) is 6.54 Å². The zero-order chi connectivity index (χ0) is 18.2. The van der Waals surface area contributed by atoms with Gasteiger partial charge in [0.1, 0.15) is 0 Å². The van der Waals surface area contributed by atoms with Crippen LogP contribution in [0.5, 0.6) is 0 Å². The lowest BCUT2D eigenvalue weighted by molar-refractivity contribution is -0.136. The summed E-state index contributed by atoms with van der Waals surface area (Å²) in [5.41, 5.74) is 0. The molecule has 142 valence electrons. The zero-order valence-electron chi connectivity index (χ0n) is 15.1. The third-order valence-electron chi connectivity index (χ3n) is 5.43. The Hall–Kier alpha value is -1.79. The van der Waals surface area contributed by atoms with Crippen LogP contribution in [0.25, 0.3) is 0 Å². The maximum atomic E-state index is 12.8. The van der Waals surface area contributed by atoms with Crippen molar-refractivity contribution >= 4 is 18.0 Å². The summed E-state index contributed by atoms with van der Waals surface area (Å²) in [7, 11) is 0. The van der Waals surface area contributed by atoms with Crippen LogP contribution in [0.15, 0.2) is 0 Å². The van der Waals surface area contributed by atoms with Gasteiger partial charge in [0.25, 0.3) is 0 Å². The predicted molar refractivity (Wildman–Crippen MR) is 94.3 cm³/mol. The van der Waals surface area contributed by atoms with E-state index in [9.17, 15) is 14.4 Å². The second kappa shape index (κ2) is 9.63. The lowest BCUT2D eigenvalue weighted by Crippen LogP contribution is -2.55. The van der Waals surface area contributed by atoms with Gasteiger partial charge in [-0.15, -0.1) is 0 Å². The van der Waals surface area contributed by atoms with Gasteiger partial charge in [-0.3, -0.25) is 10.1 Å². The second-order valence-electron chi connectivity index (χ2n) is 7.44. The molecule has 0 unspecified atom stereocenters. The van der Waals surface area contributed by atoms with E-state index in [1.165, 1.54) is 6.42 Å². The predicted octanol–water partition coefficient (Wildman–Crippen LogP) is 3.09. The van der Waals surface area contributed by atoms with Crippen molar-refractivity contribution in [2.45, 2.75) is 83.2 Å². The molecule has 0 spiro atoms. The number of aliphatic carboxylic acids is 1. The molecule has 2 aliphatic rings. The van der Waals surface area contributed by atoms with Gasteiger partial charge in [-0.1, -0.05) is 26.2 Å². The van der Waals surface area contributed by atoms with Crippen LogP contribution in [0, 0.1) is 5.92 Å². The van der Waals surface area contributed by atoms with Crippen molar-refractivity contribution in [3.63, 3.8) is 0 Å². The molecule has 0 bridgehead atoms. The van der Waals surface area contributed by atoms with Crippen molar-refractivity contribution in [2.24, 2.45) is 5.92 Å². The van der Waals surface area contributed by atoms with E-state index in [1.54, 1.807) is 0 Å². The number of nitrogens with zero attached hydrogens (tertiary/aromatic N) is 1. The van der Waals surface area contributed by atoms with Crippen LogP contribution in [-0.2, 0) is 4.79 Å². The largest absolute Gasteiger partial charge is 0.481 e. The summed E-state index contributed by atoms with van der Waals surface area (Å²) < 4.78 is 0. The van der Waals surface area contributed by atoms with E-state index >= 15 is 0 Å². The van der Waals surface area contributed by atoms with E-state index in [2.05, 4.69) is 17.6 Å². The number of urea groups is 2. The summed E-state index contributed by atoms with van der Waals surface area (Å²) in [5.74, 6) is -0.279. The maximum Gasteiger partial charge on any atom is 0.325 e. The summed E-state index contributed by atoms with van der Waals surface area (Å²) in [6.45, 7) is 2.26. The number of carboxylic acid groups (broad SMARTS) is 1. The third kappa shape index (κ3) is 6.21. The minimum absolute atomic E-state index is 0.0127. The quantitative estimate of drug-likeness (QED) is 0.707. The van der Waals surface area contributed by atoms with Crippen molar-refractivity contribution in [3.05, 3.63) is 0 Å². The van der Waals surface area contributed by atoms with Crippen LogP contribution in [0.1, 0.15) is 71.1 Å². The minimum atomic E-state index is -0.980. The molecule has 7 heteroatoms. The first-order valence-corrected chi connectivity index (χ1v) is 9.56. The molecule has 2 fully saturated rings. The number of nitrogens with one attached hydrogen (secondary N) is 2. The molecule has 3 N–H and O–H groups in total. The highest BCUT2D eigenvalue weighted by Gasteiger charge is 2.34. The summed E-state index contributed by atoms with van der Waals surface area (Å²) in [6, 6.07) is -0.541. The number of carbonyl (C=O) groups excluding carboxylic acids is 2. The minimum Gasteiger partial charge on any atom is -0.481 e. The second-order valence-corrected chi connectivity index (χ2v) is 7.44. The van der Waals surface area contributed by atoms with Gasteiger partial charge >= 0.3 is 18.0 Å². The number of rotatable bonds is 5. The van der Waals surface area contributed by atoms with Crippen molar-refractivity contribution in [3.8, 4) is 0 Å². The molecule has 4 amide bonds. The van der Waals surface area contributed by atoms with Gasteiger partial charge in [-0.05, 0) is 44.4 Å². The monoisotopic (exact) mass is 353 g/mol. The smallest absolute Gasteiger partial charge is 0.325 e. The van der Waals surface area contributed by atoms with Gasteiger partial charge in [0.15, 0.2) is 0 Å². The molecular weight excluding hydrogens is 322 g/mol. The van der Waals surface area contributed by atoms with Gasteiger partial charge in [0, 0.05) is 18.6 Å². The fraction of sp³-hybridized carbons (Fsp3) is 0.833. The van der Waals surface area contributed by atoms with E-state index in [1.807, 2.05) is 4.90 Å². The Morgan fingerprint density at radius 3 is 2.16 bits per heavy atom. The number of hydrogen-bond acceptors (Lipinski definition) is 3.